The first-order chi connectivity index (χ1) is 7.70. The highest BCUT2D eigenvalue weighted by molar-refractivity contribution is 6.43. The standard InChI is InChI=1S/C11H6Cl2N2O/c12-5-1-3-14-9-7(5)11(16)8-6(13)2-4-15-10(8)9/h1-3,15H,4H2. The zero-order chi connectivity index (χ0) is 11.3. The van der Waals surface area contributed by atoms with Crippen molar-refractivity contribution in [1.29, 1.82) is 0 Å². The lowest BCUT2D eigenvalue weighted by molar-refractivity contribution is 0.104. The number of halogens is 2. The maximum Gasteiger partial charge on any atom is 0.200 e. The lowest BCUT2D eigenvalue weighted by Crippen LogP contribution is -2.17. The molecule has 0 radical (unpaired) electrons. The summed E-state index contributed by atoms with van der Waals surface area (Å²) in [7, 11) is 0. The van der Waals surface area contributed by atoms with Crippen LogP contribution >= 0.6 is 23.2 Å². The summed E-state index contributed by atoms with van der Waals surface area (Å²) in [6, 6.07) is 1.61. The van der Waals surface area contributed by atoms with E-state index < -0.39 is 0 Å². The molecule has 0 fully saturated rings. The molecule has 1 aliphatic heterocycles. The molecule has 1 aromatic heterocycles. The van der Waals surface area contributed by atoms with Gasteiger partial charge in [0, 0.05) is 12.7 Å². The number of hydrogen-bond donors (Lipinski definition) is 1. The molecule has 1 aromatic rings. The van der Waals surface area contributed by atoms with E-state index in [1.165, 1.54) is 0 Å². The Kier molecular flexibility index (Phi) is 2.06. The lowest BCUT2D eigenvalue weighted by atomic mass is 10.1. The molecule has 0 saturated carbocycles. The summed E-state index contributed by atoms with van der Waals surface area (Å²) in [5.41, 5.74) is 2.20. The minimum atomic E-state index is -0.156. The van der Waals surface area contributed by atoms with Crippen LogP contribution in [0.2, 0.25) is 5.02 Å². The minimum Gasteiger partial charge on any atom is -0.379 e. The average molecular weight is 253 g/mol. The van der Waals surface area contributed by atoms with Gasteiger partial charge in [-0.1, -0.05) is 23.2 Å². The SMILES string of the molecule is O=C1C2=C(NCC=C2Cl)c2nccc(Cl)c21. The molecule has 0 amide bonds. The minimum absolute atomic E-state index is 0.156. The van der Waals surface area contributed by atoms with E-state index in [2.05, 4.69) is 10.3 Å². The number of dihydropyridines is 1. The molecule has 5 heteroatoms. The molecule has 3 nitrogen and oxygen atoms in total. The number of nitrogens with zero attached hydrogens (tertiary/aromatic N) is 1. The predicted octanol–water partition coefficient (Wildman–Crippen LogP) is 2.37. The average Bonchev–Trinajstić information content (AvgIpc) is 2.56. The summed E-state index contributed by atoms with van der Waals surface area (Å²) in [6.07, 6.45) is 3.34. The first-order valence-corrected chi connectivity index (χ1v) is 5.49. The van der Waals surface area contributed by atoms with Crippen LogP contribution in [0, 0.1) is 0 Å². The third-order valence-corrected chi connectivity index (χ3v) is 3.30. The number of ketones is 1. The Morgan fingerprint density at radius 1 is 1.38 bits per heavy atom. The van der Waals surface area contributed by atoms with Crippen LogP contribution in [0.1, 0.15) is 16.1 Å². The van der Waals surface area contributed by atoms with E-state index in [0.717, 1.165) is 0 Å². The van der Waals surface area contributed by atoms with Crippen molar-refractivity contribution in [2.45, 2.75) is 0 Å². The van der Waals surface area contributed by atoms with Crippen molar-refractivity contribution in [1.82, 2.24) is 10.3 Å². The molecule has 1 N–H and O–H groups in total. The summed E-state index contributed by atoms with van der Waals surface area (Å²) < 4.78 is 0. The van der Waals surface area contributed by atoms with Crippen molar-refractivity contribution in [3.63, 3.8) is 0 Å². The number of fused-ring (bicyclic) bond motifs is 2. The van der Waals surface area contributed by atoms with Crippen molar-refractivity contribution in [3.8, 4) is 0 Å². The van der Waals surface area contributed by atoms with E-state index in [-0.39, 0.29) is 5.78 Å². The Morgan fingerprint density at radius 3 is 3.00 bits per heavy atom. The summed E-state index contributed by atoms with van der Waals surface area (Å²) in [5.74, 6) is -0.156. The fourth-order valence-corrected chi connectivity index (χ4v) is 2.43. The lowest BCUT2D eigenvalue weighted by Gasteiger charge is -2.12. The quantitative estimate of drug-likeness (QED) is 0.771. The van der Waals surface area contributed by atoms with Crippen LogP contribution in [0.3, 0.4) is 0 Å². The second-order valence-corrected chi connectivity index (χ2v) is 4.34. The van der Waals surface area contributed by atoms with Gasteiger partial charge in [-0.2, -0.15) is 0 Å². The molecule has 3 rings (SSSR count). The Bertz CT molecular complexity index is 575. The van der Waals surface area contributed by atoms with Crippen LogP contribution in [-0.4, -0.2) is 17.3 Å². The Balaban J connectivity index is 2.30. The number of rotatable bonds is 0. The highest BCUT2D eigenvalue weighted by atomic mass is 35.5. The van der Waals surface area contributed by atoms with Gasteiger partial charge in [0.05, 0.1) is 32.6 Å². The number of Topliss-reactive ketones (excluding diaryl/α,β-unsaturated/α-hetero) is 1. The second kappa shape index (κ2) is 3.34. The molecule has 1 aliphatic carbocycles. The maximum absolute atomic E-state index is 12.1. The summed E-state index contributed by atoms with van der Waals surface area (Å²) in [6.45, 7) is 0.596. The van der Waals surface area contributed by atoms with Gasteiger partial charge in [0.25, 0.3) is 0 Å². The van der Waals surface area contributed by atoms with Crippen molar-refractivity contribution < 1.29 is 4.79 Å². The fourth-order valence-electron chi connectivity index (χ4n) is 1.95. The van der Waals surface area contributed by atoms with Crippen molar-refractivity contribution in [3.05, 3.63) is 45.2 Å². The Morgan fingerprint density at radius 2 is 2.19 bits per heavy atom. The molecule has 0 atom stereocenters. The number of allylic oxidation sites excluding steroid dienone is 2. The molecule has 80 valence electrons. The van der Waals surface area contributed by atoms with Crippen LogP contribution in [0.5, 0.6) is 0 Å². The second-order valence-electron chi connectivity index (χ2n) is 3.53. The van der Waals surface area contributed by atoms with Crippen LogP contribution in [0.15, 0.2) is 28.9 Å². The Labute approximate surface area is 102 Å². The van der Waals surface area contributed by atoms with E-state index in [1.54, 1.807) is 18.3 Å². The predicted molar refractivity (Wildman–Crippen MR) is 62.4 cm³/mol. The number of nitrogens with one attached hydrogen (secondary N) is 1. The summed E-state index contributed by atoms with van der Waals surface area (Å²) in [4.78, 5) is 16.3. The van der Waals surface area contributed by atoms with Crippen molar-refractivity contribution in [2.24, 2.45) is 0 Å². The molecule has 0 unspecified atom stereocenters. The largest absolute Gasteiger partial charge is 0.379 e. The molecule has 0 bridgehead atoms. The van der Waals surface area contributed by atoms with Crippen LogP contribution < -0.4 is 5.32 Å². The molecular weight excluding hydrogens is 247 g/mol. The zero-order valence-corrected chi connectivity index (χ0v) is 9.56. The molecule has 16 heavy (non-hydrogen) atoms. The van der Waals surface area contributed by atoms with Gasteiger partial charge in [0.15, 0.2) is 5.78 Å². The number of aromatic nitrogens is 1. The molecular formula is C11H6Cl2N2O. The third-order valence-electron chi connectivity index (χ3n) is 2.64. The van der Waals surface area contributed by atoms with Gasteiger partial charge in [-0.15, -0.1) is 0 Å². The van der Waals surface area contributed by atoms with Crippen LogP contribution in [0.25, 0.3) is 5.70 Å². The van der Waals surface area contributed by atoms with Crippen molar-refractivity contribution in [2.75, 3.05) is 6.54 Å². The molecule has 0 spiro atoms. The van der Waals surface area contributed by atoms with Gasteiger partial charge >= 0.3 is 0 Å². The zero-order valence-electron chi connectivity index (χ0n) is 8.05. The number of carbonyl (C=O) groups excluding carboxylic acids is 1. The number of hydrogen-bond acceptors (Lipinski definition) is 3. The van der Waals surface area contributed by atoms with Gasteiger partial charge in [-0.3, -0.25) is 9.78 Å². The molecule has 0 aromatic carbocycles. The smallest absolute Gasteiger partial charge is 0.200 e. The van der Waals surface area contributed by atoms with Gasteiger partial charge in [-0.25, -0.2) is 0 Å². The fraction of sp³-hybridized carbons (Fsp3) is 0.0909. The highest BCUT2D eigenvalue weighted by Gasteiger charge is 2.35. The maximum atomic E-state index is 12.1. The topological polar surface area (TPSA) is 42.0 Å². The molecule has 2 heterocycles. The number of pyridine rings is 1. The van der Waals surface area contributed by atoms with Crippen LogP contribution in [0.4, 0.5) is 0 Å². The highest BCUT2D eigenvalue weighted by Crippen LogP contribution is 2.39. The van der Waals surface area contributed by atoms with Gasteiger partial charge in [-0.05, 0) is 12.1 Å². The van der Waals surface area contributed by atoms with E-state index in [4.69, 9.17) is 23.2 Å². The van der Waals surface area contributed by atoms with Gasteiger partial charge in [0.2, 0.25) is 0 Å². The van der Waals surface area contributed by atoms with Gasteiger partial charge < -0.3 is 5.32 Å². The van der Waals surface area contributed by atoms with Crippen molar-refractivity contribution >= 4 is 34.7 Å². The number of carbonyl (C=O) groups is 1. The first kappa shape index (κ1) is 9.87. The third kappa shape index (κ3) is 1.16. The summed E-state index contributed by atoms with van der Waals surface area (Å²) in [5, 5.41) is 3.98. The molecule has 0 saturated heterocycles. The van der Waals surface area contributed by atoms with E-state index >= 15 is 0 Å². The summed E-state index contributed by atoms with van der Waals surface area (Å²) >= 11 is 12.0. The monoisotopic (exact) mass is 252 g/mol. The molecule has 2 aliphatic rings. The van der Waals surface area contributed by atoms with E-state index in [9.17, 15) is 4.79 Å². The van der Waals surface area contributed by atoms with Crippen LogP contribution in [-0.2, 0) is 0 Å². The normalized spacial score (nSPS) is 17.9. The van der Waals surface area contributed by atoms with E-state index in [1.807, 2.05) is 0 Å². The van der Waals surface area contributed by atoms with Gasteiger partial charge in [0.1, 0.15) is 0 Å². The van der Waals surface area contributed by atoms with E-state index in [0.29, 0.717) is 39.1 Å². The Hall–Kier alpha value is -1.32. The first-order valence-electron chi connectivity index (χ1n) is 4.74.